The van der Waals surface area contributed by atoms with Crippen molar-refractivity contribution >= 4 is 55.2 Å². The number of H-pyrrole nitrogens is 1. The molecule has 4 heterocycles. The van der Waals surface area contributed by atoms with Gasteiger partial charge in [-0.15, -0.1) is 22.7 Å². The predicted molar refractivity (Wildman–Crippen MR) is 127 cm³/mol. The molecule has 7 heteroatoms. The van der Waals surface area contributed by atoms with Crippen LogP contribution >= 0.6 is 22.7 Å². The van der Waals surface area contributed by atoms with Gasteiger partial charge in [-0.05, 0) is 64.1 Å². The molecule has 30 heavy (non-hydrogen) atoms. The van der Waals surface area contributed by atoms with Crippen LogP contribution in [0.2, 0.25) is 0 Å². The van der Waals surface area contributed by atoms with Crippen molar-refractivity contribution in [2.24, 2.45) is 0 Å². The third kappa shape index (κ3) is 3.39. The van der Waals surface area contributed by atoms with Crippen LogP contribution in [-0.4, -0.2) is 20.1 Å². The van der Waals surface area contributed by atoms with Gasteiger partial charge in [-0.3, -0.25) is 4.98 Å². The van der Waals surface area contributed by atoms with Gasteiger partial charge in [-0.25, -0.2) is 4.98 Å². The second kappa shape index (κ2) is 6.91. The van der Waals surface area contributed by atoms with Crippen LogP contribution in [0.3, 0.4) is 0 Å². The molecule has 0 aliphatic heterocycles. The summed E-state index contributed by atoms with van der Waals surface area (Å²) in [6.45, 7) is 7.62. The summed E-state index contributed by atoms with van der Waals surface area (Å²) in [5, 5.41) is 16.1. The molecular weight excluding hydrogens is 412 g/mol. The number of pyridine rings is 1. The molecule has 0 aliphatic carbocycles. The number of aryl methyl sites for hydroxylation is 2. The van der Waals surface area contributed by atoms with E-state index in [9.17, 15) is 5.11 Å². The zero-order valence-corrected chi connectivity index (χ0v) is 18.8. The van der Waals surface area contributed by atoms with Gasteiger partial charge in [0.05, 0.1) is 37.0 Å². The lowest BCUT2D eigenvalue weighted by Crippen LogP contribution is -2.14. The number of nitrogens with zero attached hydrogens (tertiary/aromatic N) is 2. The molecule has 0 bridgehead atoms. The van der Waals surface area contributed by atoms with Crippen molar-refractivity contribution < 1.29 is 5.11 Å². The van der Waals surface area contributed by atoms with E-state index in [1.165, 1.54) is 5.39 Å². The Bertz CT molecular complexity index is 1390. The minimum Gasteiger partial charge on any atom is -0.385 e. The summed E-state index contributed by atoms with van der Waals surface area (Å²) in [5.74, 6) is 0. The van der Waals surface area contributed by atoms with E-state index in [0.29, 0.717) is 0 Å². The highest BCUT2D eigenvalue weighted by Gasteiger charge is 2.24. The lowest BCUT2D eigenvalue weighted by Gasteiger charge is -2.14. The lowest BCUT2D eigenvalue weighted by molar-refractivity contribution is 0.0817. The maximum atomic E-state index is 10.4. The Hall–Kier alpha value is -2.74. The molecule has 0 atom stereocenters. The quantitative estimate of drug-likeness (QED) is 0.302. The van der Waals surface area contributed by atoms with Crippen molar-refractivity contribution in [1.82, 2.24) is 15.0 Å². The highest BCUT2D eigenvalue weighted by atomic mass is 32.1. The first-order chi connectivity index (χ1) is 14.3. The average Bonchev–Trinajstić information content (AvgIpc) is 3.36. The van der Waals surface area contributed by atoms with Gasteiger partial charge in [-0.1, -0.05) is 0 Å². The SMILES string of the molecule is Cc1cc2cc(Nc3ccnc4cc(-c5nc(C)c(C(C)(C)O)s5)sc34)ccc2[nH]1. The van der Waals surface area contributed by atoms with Crippen molar-refractivity contribution in [2.45, 2.75) is 33.3 Å². The van der Waals surface area contributed by atoms with Crippen molar-refractivity contribution in [1.29, 1.82) is 0 Å². The largest absolute Gasteiger partial charge is 0.385 e. The van der Waals surface area contributed by atoms with Crippen molar-refractivity contribution in [3.05, 3.63) is 58.9 Å². The lowest BCUT2D eigenvalue weighted by atomic mass is 10.1. The Kier molecular flexibility index (Phi) is 4.43. The second-order valence-corrected chi connectivity index (χ2v) is 10.1. The molecule has 5 nitrogen and oxygen atoms in total. The number of nitrogens with one attached hydrogen (secondary N) is 2. The molecule has 0 saturated heterocycles. The molecule has 152 valence electrons. The van der Waals surface area contributed by atoms with Crippen LogP contribution in [0.1, 0.15) is 30.1 Å². The first-order valence-corrected chi connectivity index (χ1v) is 11.4. The topological polar surface area (TPSA) is 73.8 Å². The third-order valence-electron chi connectivity index (χ3n) is 5.01. The van der Waals surface area contributed by atoms with Crippen LogP contribution in [-0.2, 0) is 5.60 Å². The summed E-state index contributed by atoms with van der Waals surface area (Å²) in [6, 6.07) is 12.6. The van der Waals surface area contributed by atoms with E-state index in [-0.39, 0.29) is 0 Å². The number of benzene rings is 1. The summed E-state index contributed by atoms with van der Waals surface area (Å²) in [6.07, 6.45) is 1.83. The van der Waals surface area contributed by atoms with E-state index in [1.807, 2.05) is 19.2 Å². The maximum absolute atomic E-state index is 10.4. The fraction of sp³-hybridized carbons (Fsp3) is 0.217. The Morgan fingerprint density at radius 1 is 1.07 bits per heavy atom. The van der Waals surface area contributed by atoms with Gasteiger partial charge in [0.15, 0.2) is 0 Å². The van der Waals surface area contributed by atoms with E-state index in [1.54, 1.807) is 36.5 Å². The highest BCUT2D eigenvalue weighted by Crippen LogP contribution is 2.41. The van der Waals surface area contributed by atoms with Crippen LogP contribution in [0.4, 0.5) is 11.4 Å². The molecule has 3 N–H and O–H groups in total. The smallest absolute Gasteiger partial charge is 0.134 e. The summed E-state index contributed by atoms with van der Waals surface area (Å²) in [5.41, 5.74) is 5.28. The number of fused-ring (bicyclic) bond motifs is 2. The average molecular weight is 435 g/mol. The van der Waals surface area contributed by atoms with Gasteiger partial charge in [0, 0.05) is 28.5 Å². The number of hydrogen-bond acceptors (Lipinski definition) is 6. The molecule has 5 aromatic rings. The van der Waals surface area contributed by atoms with Crippen LogP contribution < -0.4 is 5.32 Å². The van der Waals surface area contributed by atoms with Gasteiger partial charge in [0.1, 0.15) is 5.01 Å². The minimum atomic E-state index is -0.892. The number of hydrogen-bond donors (Lipinski definition) is 3. The Labute approximate surface area is 182 Å². The van der Waals surface area contributed by atoms with Crippen LogP contribution in [0, 0.1) is 13.8 Å². The molecule has 1 aromatic carbocycles. The Morgan fingerprint density at radius 3 is 2.67 bits per heavy atom. The number of anilines is 2. The molecule has 0 fully saturated rings. The predicted octanol–water partition coefficient (Wildman–Crippen LogP) is 6.49. The molecular formula is C23H22N4OS2. The van der Waals surface area contributed by atoms with Crippen molar-refractivity contribution in [3.8, 4) is 9.88 Å². The Balaban J connectivity index is 1.53. The van der Waals surface area contributed by atoms with Crippen LogP contribution in [0.15, 0.2) is 42.6 Å². The second-order valence-electron chi connectivity index (χ2n) is 8.06. The van der Waals surface area contributed by atoms with E-state index in [4.69, 9.17) is 4.98 Å². The number of aromatic nitrogens is 3. The standard InChI is InChI=1S/C23H22N4OS2/c1-12-9-14-10-15(5-6-16(14)25-12)27-17-7-8-24-18-11-19(29-20(17)18)22-26-13(2)21(30-22)23(3,4)28/h5-11,25,28H,1-4H3,(H,24,27). The van der Waals surface area contributed by atoms with Crippen molar-refractivity contribution in [3.63, 3.8) is 0 Å². The number of thiazole rings is 1. The van der Waals surface area contributed by atoms with Crippen LogP contribution in [0.25, 0.3) is 31.0 Å². The summed E-state index contributed by atoms with van der Waals surface area (Å²) in [7, 11) is 0. The molecule has 4 aromatic heterocycles. The Morgan fingerprint density at radius 2 is 1.90 bits per heavy atom. The first kappa shape index (κ1) is 19.2. The molecule has 0 amide bonds. The molecule has 0 radical (unpaired) electrons. The number of thiophene rings is 1. The first-order valence-electron chi connectivity index (χ1n) is 9.73. The van der Waals surface area contributed by atoms with Gasteiger partial charge in [-0.2, -0.15) is 0 Å². The number of aromatic amines is 1. The van der Waals surface area contributed by atoms with E-state index >= 15 is 0 Å². The molecule has 0 saturated carbocycles. The van der Waals surface area contributed by atoms with Crippen molar-refractivity contribution in [2.75, 3.05) is 5.32 Å². The van der Waals surface area contributed by atoms with E-state index in [0.717, 1.165) is 53.3 Å². The number of aliphatic hydroxyl groups is 1. The van der Waals surface area contributed by atoms with Gasteiger partial charge < -0.3 is 15.4 Å². The summed E-state index contributed by atoms with van der Waals surface area (Å²) < 4.78 is 1.09. The highest BCUT2D eigenvalue weighted by molar-refractivity contribution is 7.26. The minimum absolute atomic E-state index is 0.876. The molecule has 0 unspecified atom stereocenters. The zero-order valence-electron chi connectivity index (χ0n) is 17.2. The molecule has 0 spiro atoms. The number of rotatable bonds is 4. The third-order valence-corrected chi connectivity index (χ3v) is 7.81. The zero-order chi connectivity index (χ0) is 21.0. The fourth-order valence-corrected chi connectivity index (χ4v) is 5.92. The molecule has 0 aliphatic rings. The fourth-order valence-electron chi connectivity index (χ4n) is 3.72. The van der Waals surface area contributed by atoms with Gasteiger partial charge >= 0.3 is 0 Å². The van der Waals surface area contributed by atoms with Gasteiger partial charge in [0.25, 0.3) is 0 Å². The molecule has 5 rings (SSSR count). The van der Waals surface area contributed by atoms with Gasteiger partial charge in [0.2, 0.25) is 0 Å². The summed E-state index contributed by atoms with van der Waals surface area (Å²) in [4.78, 5) is 14.6. The van der Waals surface area contributed by atoms with E-state index in [2.05, 4.69) is 52.5 Å². The monoisotopic (exact) mass is 434 g/mol. The normalized spacial score (nSPS) is 12.2. The maximum Gasteiger partial charge on any atom is 0.134 e. The summed E-state index contributed by atoms with van der Waals surface area (Å²) >= 11 is 3.22. The van der Waals surface area contributed by atoms with Crippen LogP contribution in [0.5, 0.6) is 0 Å². The van der Waals surface area contributed by atoms with E-state index < -0.39 is 5.60 Å².